The Morgan fingerprint density at radius 2 is 2.00 bits per heavy atom. The van der Waals surface area contributed by atoms with E-state index in [0.717, 1.165) is 31.0 Å². The van der Waals surface area contributed by atoms with Crippen LogP contribution in [0.25, 0.3) is 0 Å². The lowest BCUT2D eigenvalue weighted by atomic mass is 9.96. The highest BCUT2D eigenvalue weighted by Gasteiger charge is 2.20. The first-order valence-corrected chi connectivity index (χ1v) is 7.15. The monoisotopic (exact) mass is 245 g/mol. The summed E-state index contributed by atoms with van der Waals surface area (Å²) in [5, 5.41) is 0. The van der Waals surface area contributed by atoms with Crippen LogP contribution in [-0.2, 0) is 0 Å². The third-order valence-electron chi connectivity index (χ3n) is 3.85. The number of amides is 1. The van der Waals surface area contributed by atoms with Crippen LogP contribution in [0.15, 0.2) is 30.3 Å². The second-order valence-electron chi connectivity index (χ2n) is 5.24. The Bertz CT molecular complexity index is 374. The van der Waals surface area contributed by atoms with Crippen molar-refractivity contribution >= 4 is 5.91 Å². The molecule has 1 fully saturated rings. The summed E-state index contributed by atoms with van der Waals surface area (Å²) in [7, 11) is 0. The van der Waals surface area contributed by atoms with Gasteiger partial charge in [0.05, 0.1) is 0 Å². The van der Waals surface area contributed by atoms with E-state index in [1.807, 2.05) is 35.2 Å². The molecule has 1 atom stereocenters. The summed E-state index contributed by atoms with van der Waals surface area (Å²) in [5.74, 6) is 1.02. The third-order valence-corrected chi connectivity index (χ3v) is 3.85. The molecule has 1 aliphatic rings. The SMILES string of the molecule is CCCC1CCCN(C(=O)c2ccccc2)CC1. The van der Waals surface area contributed by atoms with E-state index < -0.39 is 0 Å². The fraction of sp³-hybridized carbons (Fsp3) is 0.562. The van der Waals surface area contributed by atoms with Gasteiger partial charge in [0, 0.05) is 18.7 Å². The van der Waals surface area contributed by atoms with Gasteiger partial charge in [-0.3, -0.25) is 4.79 Å². The summed E-state index contributed by atoms with van der Waals surface area (Å²) in [4.78, 5) is 14.4. The van der Waals surface area contributed by atoms with E-state index in [1.54, 1.807) is 0 Å². The highest BCUT2D eigenvalue weighted by molar-refractivity contribution is 5.94. The topological polar surface area (TPSA) is 20.3 Å². The molecule has 0 saturated carbocycles. The molecular weight excluding hydrogens is 222 g/mol. The minimum atomic E-state index is 0.202. The van der Waals surface area contributed by atoms with E-state index in [-0.39, 0.29) is 5.91 Å². The molecular formula is C16H23NO. The van der Waals surface area contributed by atoms with Crippen molar-refractivity contribution in [2.24, 2.45) is 5.92 Å². The first-order chi connectivity index (χ1) is 8.81. The smallest absolute Gasteiger partial charge is 0.253 e. The molecule has 1 heterocycles. The summed E-state index contributed by atoms with van der Waals surface area (Å²) < 4.78 is 0. The van der Waals surface area contributed by atoms with Gasteiger partial charge in [0.1, 0.15) is 0 Å². The van der Waals surface area contributed by atoms with Crippen LogP contribution in [0, 0.1) is 5.92 Å². The Labute approximate surface area is 110 Å². The van der Waals surface area contributed by atoms with Crippen molar-refractivity contribution in [2.75, 3.05) is 13.1 Å². The van der Waals surface area contributed by atoms with Crippen molar-refractivity contribution in [3.8, 4) is 0 Å². The zero-order valence-corrected chi connectivity index (χ0v) is 11.3. The molecule has 0 spiro atoms. The number of hydrogen-bond acceptors (Lipinski definition) is 1. The van der Waals surface area contributed by atoms with Gasteiger partial charge in [-0.1, -0.05) is 38.0 Å². The Balaban J connectivity index is 1.96. The van der Waals surface area contributed by atoms with Crippen molar-refractivity contribution in [1.82, 2.24) is 4.90 Å². The lowest BCUT2D eigenvalue weighted by Crippen LogP contribution is -2.31. The van der Waals surface area contributed by atoms with Crippen molar-refractivity contribution in [3.05, 3.63) is 35.9 Å². The first kappa shape index (κ1) is 13.1. The van der Waals surface area contributed by atoms with Crippen LogP contribution < -0.4 is 0 Å². The fourth-order valence-electron chi connectivity index (χ4n) is 2.83. The van der Waals surface area contributed by atoms with Crippen molar-refractivity contribution < 1.29 is 4.79 Å². The highest BCUT2D eigenvalue weighted by atomic mass is 16.2. The molecule has 1 unspecified atom stereocenters. The predicted molar refractivity (Wildman–Crippen MR) is 74.6 cm³/mol. The number of nitrogens with zero attached hydrogens (tertiary/aromatic N) is 1. The van der Waals surface area contributed by atoms with Gasteiger partial charge in [0.15, 0.2) is 0 Å². The van der Waals surface area contributed by atoms with E-state index in [4.69, 9.17) is 0 Å². The number of likely N-dealkylation sites (tertiary alicyclic amines) is 1. The van der Waals surface area contributed by atoms with Crippen LogP contribution in [-0.4, -0.2) is 23.9 Å². The maximum Gasteiger partial charge on any atom is 0.253 e. The van der Waals surface area contributed by atoms with Crippen LogP contribution in [0.3, 0.4) is 0 Å². The molecule has 98 valence electrons. The maximum absolute atomic E-state index is 12.3. The Kier molecular flexibility index (Phi) is 4.80. The Hall–Kier alpha value is -1.31. The minimum absolute atomic E-state index is 0.202. The summed E-state index contributed by atoms with van der Waals surface area (Å²) in [6.07, 6.45) is 6.19. The minimum Gasteiger partial charge on any atom is -0.339 e. The number of rotatable bonds is 3. The number of benzene rings is 1. The average molecular weight is 245 g/mol. The van der Waals surface area contributed by atoms with Gasteiger partial charge in [-0.25, -0.2) is 0 Å². The normalized spacial score (nSPS) is 20.5. The molecule has 1 aromatic rings. The van der Waals surface area contributed by atoms with Gasteiger partial charge in [0.2, 0.25) is 0 Å². The molecule has 2 rings (SSSR count). The predicted octanol–water partition coefficient (Wildman–Crippen LogP) is 3.73. The number of carbonyl (C=O) groups excluding carboxylic acids is 1. The van der Waals surface area contributed by atoms with Crippen LogP contribution in [0.2, 0.25) is 0 Å². The summed E-state index contributed by atoms with van der Waals surface area (Å²) in [6.45, 7) is 4.10. The van der Waals surface area contributed by atoms with E-state index in [1.165, 1.54) is 25.7 Å². The van der Waals surface area contributed by atoms with Gasteiger partial charge >= 0.3 is 0 Å². The van der Waals surface area contributed by atoms with Gasteiger partial charge in [0.25, 0.3) is 5.91 Å². The molecule has 1 saturated heterocycles. The van der Waals surface area contributed by atoms with E-state index in [2.05, 4.69) is 6.92 Å². The molecule has 1 aliphatic heterocycles. The van der Waals surface area contributed by atoms with Crippen LogP contribution >= 0.6 is 0 Å². The lowest BCUT2D eigenvalue weighted by molar-refractivity contribution is 0.0760. The number of hydrogen-bond donors (Lipinski definition) is 0. The molecule has 1 aromatic carbocycles. The average Bonchev–Trinajstić information content (AvgIpc) is 2.65. The molecule has 0 aromatic heterocycles. The first-order valence-electron chi connectivity index (χ1n) is 7.15. The van der Waals surface area contributed by atoms with Crippen molar-refractivity contribution in [1.29, 1.82) is 0 Å². The quantitative estimate of drug-likeness (QED) is 0.794. The summed E-state index contributed by atoms with van der Waals surface area (Å²) >= 11 is 0. The van der Waals surface area contributed by atoms with Crippen LogP contribution in [0.1, 0.15) is 49.4 Å². The van der Waals surface area contributed by atoms with Gasteiger partial charge < -0.3 is 4.90 Å². The van der Waals surface area contributed by atoms with Gasteiger partial charge in [-0.15, -0.1) is 0 Å². The molecule has 0 radical (unpaired) electrons. The molecule has 0 N–H and O–H groups in total. The Morgan fingerprint density at radius 1 is 1.22 bits per heavy atom. The Morgan fingerprint density at radius 3 is 2.72 bits per heavy atom. The largest absolute Gasteiger partial charge is 0.339 e. The molecule has 0 aliphatic carbocycles. The third kappa shape index (κ3) is 3.34. The van der Waals surface area contributed by atoms with E-state index >= 15 is 0 Å². The number of carbonyl (C=O) groups is 1. The highest BCUT2D eigenvalue weighted by Crippen LogP contribution is 2.22. The summed E-state index contributed by atoms with van der Waals surface area (Å²) in [6, 6.07) is 9.65. The zero-order valence-electron chi connectivity index (χ0n) is 11.3. The van der Waals surface area contributed by atoms with E-state index in [9.17, 15) is 4.79 Å². The second kappa shape index (κ2) is 6.58. The molecule has 0 bridgehead atoms. The van der Waals surface area contributed by atoms with E-state index in [0.29, 0.717) is 0 Å². The zero-order chi connectivity index (χ0) is 12.8. The molecule has 2 nitrogen and oxygen atoms in total. The molecule has 18 heavy (non-hydrogen) atoms. The summed E-state index contributed by atoms with van der Waals surface area (Å²) in [5.41, 5.74) is 0.825. The van der Waals surface area contributed by atoms with Crippen LogP contribution in [0.4, 0.5) is 0 Å². The van der Waals surface area contributed by atoms with Crippen molar-refractivity contribution in [2.45, 2.75) is 39.0 Å². The lowest BCUT2D eigenvalue weighted by Gasteiger charge is -2.20. The maximum atomic E-state index is 12.3. The second-order valence-corrected chi connectivity index (χ2v) is 5.24. The molecule has 1 amide bonds. The molecule has 2 heteroatoms. The van der Waals surface area contributed by atoms with Crippen molar-refractivity contribution in [3.63, 3.8) is 0 Å². The van der Waals surface area contributed by atoms with Gasteiger partial charge in [-0.05, 0) is 37.3 Å². The fourth-order valence-corrected chi connectivity index (χ4v) is 2.83. The van der Waals surface area contributed by atoms with Gasteiger partial charge in [-0.2, -0.15) is 0 Å². The van der Waals surface area contributed by atoms with Crippen LogP contribution in [0.5, 0.6) is 0 Å². The standard InChI is InChI=1S/C16H23NO/c1-2-7-14-8-6-12-17(13-11-14)16(18)15-9-4-3-5-10-15/h3-5,9-10,14H,2,6-8,11-13H2,1H3.